The number of nitrogen functional groups attached to an aromatic ring is 1. The van der Waals surface area contributed by atoms with Gasteiger partial charge in [-0.25, -0.2) is 0 Å². The zero-order chi connectivity index (χ0) is 22.8. The number of piperidine rings is 1. The lowest BCUT2D eigenvalue weighted by Crippen LogP contribution is -2.36. The monoisotopic (exact) mass is 438 g/mol. The largest absolute Gasteiger partial charge is 0.460 e. The number of hydrogen-bond donors (Lipinski definition) is 2. The standard InChI is InChI=1S/C23H34N8O/c1-15(2)19-14-26-31-21(19)27-23(32-18-8-10-30(5)11-9-18)28-22(31)25-13-16-12-17(24)6-7-20(16)29(3)4/h6-7,12,14-15,18H,8-11,13,24H2,1-5H3,(H,25,27,28). The molecule has 0 aliphatic carbocycles. The van der Waals surface area contributed by atoms with Gasteiger partial charge in [0.05, 0.1) is 6.20 Å². The molecule has 3 aromatic rings. The van der Waals surface area contributed by atoms with Crippen molar-refractivity contribution < 1.29 is 4.74 Å². The molecule has 0 amide bonds. The highest BCUT2D eigenvalue weighted by atomic mass is 16.5. The summed E-state index contributed by atoms with van der Waals surface area (Å²) in [5, 5.41) is 8.00. The number of nitrogens with two attached hydrogens (primary N) is 1. The highest BCUT2D eigenvalue weighted by molar-refractivity contribution is 5.60. The molecule has 0 bridgehead atoms. The van der Waals surface area contributed by atoms with Crippen LogP contribution < -0.4 is 20.7 Å². The topological polar surface area (TPSA) is 96.8 Å². The van der Waals surface area contributed by atoms with Crippen molar-refractivity contribution in [2.24, 2.45) is 0 Å². The minimum absolute atomic E-state index is 0.126. The van der Waals surface area contributed by atoms with Crippen LogP contribution in [-0.2, 0) is 6.54 Å². The van der Waals surface area contributed by atoms with Crippen LogP contribution in [0, 0.1) is 0 Å². The van der Waals surface area contributed by atoms with Crippen molar-refractivity contribution in [3.05, 3.63) is 35.5 Å². The highest BCUT2D eigenvalue weighted by Gasteiger charge is 2.22. The number of aromatic nitrogens is 4. The fourth-order valence-electron chi connectivity index (χ4n) is 4.06. The van der Waals surface area contributed by atoms with Crippen molar-refractivity contribution in [1.82, 2.24) is 24.5 Å². The zero-order valence-corrected chi connectivity index (χ0v) is 19.7. The smallest absolute Gasteiger partial charge is 0.322 e. The molecule has 9 nitrogen and oxygen atoms in total. The second kappa shape index (κ2) is 9.20. The van der Waals surface area contributed by atoms with E-state index in [4.69, 9.17) is 20.4 Å². The fraction of sp³-hybridized carbons (Fsp3) is 0.522. The number of nitrogens with zero attached hydrogens (tertiary/aromatic N) is 6. The third-order valence-corrected chi connectivity index (χ3v) is 5.96. The number of likely N-dealkylation sites (tertiary alicyclic amines) is 1. The molecule has 1 fully saturated rings. The second-order valence-electron chi connectivity index (χ2n) is 9.08. The van der Waals surface area contributed by atoms with Crippen molar-refractivity contribution in [3.8, 4) is 6.01 Å². The average Bonchev–Trinajstić information content (AvgIpc) is 3.18. The molecule has 2 aromatic heterocycles. The van der Waals surface area contributed by atoms with Crippen LogP contribution >= 0.6 is 0 Å². The first-order chi connectivity index (χ1) is 15.3. The molecule has 4 rings (SSSR count). The summed E-state index contributed by atoms with van der Waals surface area (Å²) in [6.45, 7) is 6.87. The van der Waals surface area contributed by atoms with Gasteiger partial charge in [-0.2, -0.15) is 19.6 Å². The maximum absolute atomic E-state index is 6.23. The summed E-state index contributed by atoms with van der Waals surface area (Å²) in [5.41, 5.74) is 10.8. The molecule has 3 heterocycles. The molecule has 9 heteroatoms. The van der Waals surface area contributed by atoms with Crippen molar-refractivity contribution in [1.29, 1.82) is 0 Å². The van der Waals surface area contributed by atoms with E-state index >= 15 is 0 Å². The fourth-order valence-corrected chi connectivity index (χ4v) is 4.06. The van der Waals surface area contributed by atoms with Crippen LogP contribution in [0.25, 0.3) is 5.65 Å². The van der Waals surface area contributed by atoms with E-state index in [1.54, 1.807) is 4.52 Å². The number of fused-ring (bicyclic) bond motifs is 1. The van der Waals surface area contributed by atoms with Crippen LogP contribution in [0.3, 0.4) is 0 Å². The summed E-state index contributed by atoms with van der Waals surface area (Å²) in [5.74, 6) is 0.901. The molecule has 1 saturated heterocycles. The van der Waals surface area contributed by atoms with Gasteiger partial charge in [0.1, 0.15) is 6.10 Å². The number of hydrogen-bond acceptors (Lipinski definition) is 8. The van der Waals surface area contributed by atoms with Crippen LogP contribution in [0.4, 0.5) is 17.3 Å². The Kier molecular flexibility index (Phi) is 6.36. The quantitative estimate of drug-likeness (QED) is 0.544. The molecular formula is C23H34N8O. The predicted octanol–water partition coefficient (Wildman–Crippen LogP) is 2.98. The Hall–Kier alpha value is -3.07. The lowest BCUT2D eigenvalue weighted by atomic mass is 10.1. The second-order valence-corrected chi connectivity index (χ2v) is 9.08. The van der Waals surface area contributed by atoms with E-state index in [1.165, 1.54) is 0 Å². The number of rotatable bonds is 7. The SMILES string of the molecule is CC(C)c1cnn2c(NCc3cc(N)ccc3N(C)C)nc(OC3CCN(C)CC3)nc12. The number of nitrogens with one attached hydrogen (secondary N) is 1. The first-order valence-corrected chi connectivity index (χ1v) is 11.2. The van der Waals surface area contributed by atoms with E-state index in [0.29, 0.717) is 24.4 Å². The minimum atomic E-state index is 0.126. The van der Waals surface area contributed by atoms with Gasteiger partial charge in [0.25, 0.3) is 0 Å². The van der Waals surface area contributed by atoms with Crippen molar-refractivity contribution in [2.45, 2.75) is 45.3 Å². The van der Waals surface area contributed by atoms with E-state index in [2.05, 4.69) is 41.1 Å². The van der Waals surface area contributed by atoms with Gasteiger partial charge in [-0.3, -0.25) is 0 Å². The van der Waals surface area contributed by atoms with E-state index in [9.17, 15) is 0 Å². The van der Waals surface area contributed by atoms with Crippen LogP contribution in [0.15, 0.2) is 24.4 Å². The lowest BCUT2D eigenvalue weighted by molar-refractivity contribution is 0.105. The Bertz CT molecular complexity index is 1070. The Morgan fingerprint density at radius 1 is 1.22 bits per heavy atom. The Morgan fingerprint density at radius 2 is 1.97 bits per heavy atom. The molecular weight excluding hydrogens is 404 g/mol. The summed E-state index contributed by atoms with van der Waals surface area (Å²) in [4.78, 5) is 13.8. The third kappa shape index (κ3) is 4.72. The lowest BCUT2D eigenvalue weighted by Gasteiger charge is -2.28. The van der Waals surface area contributed by atoms with Crippen molar-refractivity contribution in [3.63, 3.8) is 0 Å². The van der Waals surface area contributed by atoms with Gasteiger partial charge in [0.2, 0.25) is 5.95 Å². The molecule has 1 aliphatic heterocycles. The van der Waals surface area contributed by atoms with Crippen LogP contribution in [0.5, 0.6) is 6.01 Å². The summed E-state index contributed by atoms with van der Waals surface area (Å²) < 4.78 is 7.99. The van der Waals surface area contributed by atoms with Crippen LogP contribution in [0.2, 0.25) is 0 Å². The van der Waals surface area contributed by atoms with E-state index in [0.717, 1.165) is 54.1 Å². The van der Waals surface area contributed by atoms with E-state index < -0.39 is 0 Å². The van der Waals surface area contributed by atoms with Crippen LogP contribution in [-0.4, -0.2) is 64.8 Å². The Morgan fingerprint density at radius 3 is 2.66 bits per heavy atom. The molecule has 1 aromatic carbocycles. The molecule has 1 aliphatic rings. The van der Waals surface area contributed by atoms with E-state index in [1.807, 2.05) is 38.5 Å². The normalized spacial score (nSPS) is 15.4. The van der Waals surface area contributed by atoms with Gasteiger partial charge < -0.3 is 25.6 Å². The first kappa shape index (κ1) is 22.1. The predicted molar refractivity (Wildman–Crippen MR) is 129 cm³/mol. The molecule has 0 unspecified atom stereocenters. The average molecular weight is 439 g/mol. The molecule has 0 radical (unpaired) electrons. The third-order valence-electron chi connectivity index (χ3n) is 5.96. The summed E-state index contributed by atoms with van der Waals surface area (Å²) in [6, 6.07) is 6.33. The summed E-state index contributed by atoms with van der Waals surface area (Å²) in [6.07, 6.45) is 3.94. The number of anilines is 3. The van der Waals surface area contributed by atoms with Gasteiger partial charge in [-0.05, 0) is 49.6 Å². The zero-order valence-electron chi connectivity index (χ0n) is 19.7. The molecule has 172 valence electrons. The highest BCUT2D eigenvalue weighted by Crippen LogP contribution is 2.26. The molecule has 3 N–H and O–H groups in total. The maximum Gasteiger partial charge on any atom is 0.322 e. The molecule has 0 spiro atoms. The summed E-state index contributed by atoms with van der Waals surface area (Å²) in [7, 11) is 6.18. The van der Waals surface area contributed by atoms with Gasteiger partial charge in [0.15, 0.2) is 5.65 Å². The van der Waals surface area contributed by atoms with Gasteiger partial charge in [0, 0.05) is 50.7 Å². The summed E-state index contributed by atoms with van der Waals surface area (Å²) >= 11 is 0. The van der Waals surface area contributed by atoms with E-state index in [-0.39, 0.29) is 6.10 Å². The van der Waals surface area contributed by atoms with Crippen LogP contribution in [0.1, 0.15) is 43.7 Å². The van der Waals surface area contributed by atoms with Gasteiger partial charge >= 0.3 is 6.01 Å². The molecule has 0 atom stereocenters. The minimum Gasteiger partial charge on any atom is -0.460 e. The maximum atomic E-state index is 6.23. The number of ether oxygens (including phenoxy) is 1. The molecule has 0 saturated carbocycles. The first-order valence-electron chi connectivity index (χ1n) is 11.2. The Balaban J connectivity index is 1.65. The van der Waals surface area contributed by atoms with Gasteiger partial charge in [-0.15, -0.1) is 0 Å². The number of benzene rings is 1. The Labute approximate surface area is 189 Å². The molecule has 32 heavy (non-hydrogen) atoms. The van der Waals surface area contributed by atoms with Gasteiger partial charge in [-0.1, -0.05) is 13.8 Å². The van der Waals surface area contributed by atoms with Crippen molar-refractivity contribution in [2.75, 3.05) is 50.2 Å². The van der Waals surface area contributed by atoms with Crippen molar-refractivity contribution >= 4 is 23.0 Å².